The van der Waals surface area contributed by atoms with Gasteiger partial charge < -0.3 is 4.42 Å². The van der Waals surface area contributed by atoms with Gasteiger partial charge in [-0.1, -0.05) is 0 Å². The topological polar surface area (TPSA) is 13.1 Å². The van der Waals surface area contributed by atoms with E-state index < -0.39 is 0 Å². The van der Waals surface area contributed by atoms with Gasteiger partial charge in [-0.15, -0.1) is 22.9 Å². The summed E-state index contributed by atoms with van der Waals surface area (Å²) in [5.41, 5.74) is 0. The van der Waals surface area contributed by atoms with Crippen LogP contribution in [0, 0.1) is 0 Å². The van der Waals surface area contributed by atoms with Crippen LogP contribution in [0.1, 0.15) is 16.0 Å². The van der Waals surface area contributed by atoms with E-state index in [1.54, 1.807) is 23.5 Å². The Bertz CT molecular complexity index is 397. The van der Waals surface area contributed by atoms with Gasteiger partial charge in [-0.05, 0) is 51.8 Å². The van der Waals surface area contributed by atoms with Crippen LogP contribution in [0.4, 0.5) is 0 Å². The van der Waals surface area contributed by atoms with Crippen molar-refractivity contribution in [2.75, 3.05) is 0 Å². The lowest BCUT2D eigenvalue weighted by Gasteiger charge is -2.01. The van der Waals surface area contributed by atoms with Crippen molar-refractivity contribution in [1.29, 1.82) is 0 Å². The Morgan fingerprint density at radius 1 is 1.29 bits per heavy atom. The smallest absolute Gasteiger partial charge is 0.193 e. The molecule has 14 heavy (non-hydrogen) atoms. The monoisotopic (exact) mass is 310 g/mol. The average molecular weight is 312 g/mol. The van der Waals surface area contributed by atoms with Crippen LogP contribution in [-0.2, 0) is 0 Å². The summed E-state index contributed by atoms with van der Waals surface area (Å²) < 4.78 is 6.29. The van der Waals surface area contributed by atoms with E-state index in [9.17, 15) is 0 Å². The number of rotatable bonds is 2. The zero-order chi connectivity index (χ0) is 10.1. The van der Waals surface area contributed by atoms with E-state index in [2.05, 4.69) is 15.9 Å². The molecule has 2 aromatic rings. The molecule has 0 saturated carbocycles. The zero-order valence-corrected chi connectivity index (χ0v) is 10.8. The second kappa shape index (κ2) is 4.27. The molecule has 0 spiro atoms. The molecule has 1 nitrogen and oxygen atoms in total. The molecule has 74 valence electrons. The molecule has 0 N–H and O–H groups in total. The first-order valence-corrected chi connectivity index (χ1v) is 6.24. The lowest BCUT2D eigenvalue weighted by molar-refractivity contribution is 0.519. The highest BCUT2D eigenvalue weighted by atomic mass is 79.9. The molecule has 0 aliphatic heterocycles. The quantitative estimate of drug-likeness (QED) is 0.704. The first-order valence-electron chi connectivity index (χ1n) is 3.81. The molecule has 0 aliphatic rings. The molecule has 2 heterocycles. The van der Waals surface area contributed by atoms with E-state index in [1.165, 1.54) is 0 Å². The summed E-state index contributed by atoms with van der Waals surface area (Å²) in [7, 11) is 0. The Labute approximate surface area is 104 Å². The SMILES string of the molecule is Clc1ccc(C(Cl)c2ccc(Br)s2)o1. The third kappa shape index (κ3) is 2.16. The minimum Gasteiger partial charge on any atom is -0.448 e. The predicted molar refractivity (Wildman–Crippen MR) is 63.4 cm³/mol. The van der Waals surface area contributed by atoms with Crippen molar-refractivity contribution in [3.63, 3.8) is 0 Å². The van der Waals surface area contributed by atoms with E-state index in [4.69, 9.17) is 27.6 Å². The van der Waals surface area contributed by atoms with E-state index in [0.29, 0.717) is 11.0 Å². The van der Waals surface area contributed by atoms with Crippen LogP contribution in [-0.4, -0.2) is 0 Å². The highest BCUT2D eigenvalue weighted by molar-refractivity contribution is 9.11. The first kappa shape index (κ1) is 10.6. The number of furan rings is 1. The van der Waals surface area contributed by atoms with Crippen molar-refractivity contribution in [2.24, 2.45) is 0 Å². The van der Waals surface area contributed by atoms with Crippen molar-refractivity contribution in [3.05, 3.63) is 43.9 Å². The van der Waals surface area contributed by atoms with Gasteiger partial charge in [0.05, 0.1) is 3.79 Å². The van der Waals surface area contributed by atoms with E-state index in [0.717, 1.165) is 8.66 Å². The summed E-state index contributed by atoms with van der Waals surface area (Å²) in [6, 6.07) is 7.39. The molecule has 0 aliphatic carbocycles. The molecule has 1 atom stereocenters. The van der Waals surface area contributed by atoms with Gasteiger partial charge in [0.1, 0.15) is 11.1 Å². The fraction of sp³-hybridized carbons (Fsp3) is 0.111. The van der Waals surface area contributed by atoms with E-state index in [-0.39, 0.29) is 5.38 Å². The zero-order valence-electron chi connectivity index (χ0n) is 6.84. The van der Waals surface area contributed by atoms with Crippen LogP contribution in [0.15, 0.2) is 32.5 Å². The van der Waals surface area contributed by atoms with Crippen LogP contribution in [0.2, 0.25) is 5.22 Å². The van der Waals surface area contributed by atoms with Gasteiger partial charge in [0.25, 0.3) is 0 Å². The third-order valence-electron chi connectivity index (χ3n) is 1.69. The van der Waals surface area contributed by atoms with Crippen LogP contribution < -0.4 is 0 Å². The highest BCUT2D eigenvalue weighted by Gasteiger charge is 2.16. The molecule has 5 heteroatoms. The largest absolute Gasteiger partial charge is 0.448 e. The lowest BCUT2D eigenvalue weighted by atomic mass is 10.3. The van der Waals surface area contributed by atoms with E-state index in [1.807, 2.05) is 12.1 Å². The molecule has 0 fully saturated rings. The maximum atomic E-state index is 6.20. The average Bonchev–Trinajstić information content (AvgIpc) is 2.73. The Hall–Kier alpha value is 0.0400. The molecule has 0 aromatic carbocycles. The summed E-state index contributed by atoms with van der Waals surface area (Å²) in [4.78, 5) is 1.03. The molecule has 0 amide bonds. The lowest BCUT2D eigenvalue weighted by Crippen LogP contribution is -1.85. The first-order chi connectivity index (χ1) is 6.66. The number of hydrogen-bond donors (Lipinski definition) is 0. The van der Waals surface area contributed by atoms with Crippen molar-refractivity contribution < 1.29 is 4.42 Å². The van der Waals surface area contributed by atoms with Crippen LogP contribution in [0.5, 0.6) is 0 Å². The fourth-order valence-electron chi connectivity index (χ4n) is 1.07. The Morgan fingerprint density at radius 2 is 2.07 bits per heavy atom. The molecule has 2 rings (SSSR count). The molecular formula is C9H5BrCl2OS. The summed E-state index contributed by atoms with van der Waals surface area (Å²) in [5.74, 6) is 0.672. The summed E-state index contributed by atoms with van der Waals surface area (Å²) in [6.45, 7) is 0. The van der Waals surface area contributed by atoms with Gasteiger partial charge in [0, 0.05) is 4.88 Å². The minimum absolute atomic E-state index is 0.265. The third-order valence-corrected chi connectivity index (χ3v) is 4.16. The van der Waals surface area contributed by atoms with Gasteiger partial charge in [-0.2, -0.15) is 0 Å². The maximum absolute atomic E-state index is 6.20. The molecule has 2 aromatic heterocycles. The highest BCUT2D eigenvalue weighted by Crippen LogP contribution is 2.36. The number of halogens is 3. The molecule has 0 saturated heterocycles. The summed E-state index contributed by atoms with van der Waals surface area (Å²) in [6.07, 6.45) is 0. The van der Waals surface area contributed by atoms with Crippen LogP contribution in [0.25, 0.3) is 0 Å². The fourth-order valence-corrected chi connectivity index (χ4v) is 2.95. The maximum Gasteiger partial charge on any atom is 0.193 e. The summed E-state index contributed by atoms with van der Waals surface area (Å²) in [5, 5.41) is 0.0973. The van der Waals surface area contributed by atoms with Crippen LogP contribution >= 0.6 is 50.5 Å². The Morgan fingerprint density at radius 3 is 2.57 bits per heavy atom. The second-order valence-corrected chi connectivity index (χ2v) is 5.95. The van der Waals surface area contributed by atoms with Crippen molar-refractivity contribution >= 4 is 50.5 Å². The Balaban J connectivity index is 2.28. The standard InChI is InChI=1S/C9H5BrCl2OS/c10-7-3-2-6(14-7)9(12)5-1-4-8(11)13-5/h1-4,9H. The number of hydrogen-bond acceptors (Lipinski definition) is 2. The van der Waals surface area contributed by atoms with Crippen molar-refractivity contribution in [2.45, 2.75) is 5.38 Å². The molecule has 0 bridgehead atoms. The van der Waals surface area contributed by atoms with Crippen LogP contribution in [0.3, 0.4) is 0 Å². The van der Waals surface area contributed by atoms with Crippen molar-refractivity contribution in [1.82, 2.24) is 0 Å². The number of alkyl halides is 1. The molecular weight excluding hydrogens is 307 g/mol. The Kier molecular flexibility index (Phi) is 3.22. The van der Waals surface area contributed by atoms with Gasteiger partial charge >= 0.3 is 0 Å². The normalized spacial score (nSPS) is 13.1. The van der Waals surface area contributed by atoms with Crippen molar-refractivity contribution in [3.8, 4) is 0 Å². The van der Waals surface area contributed by atoms with Gasteiger partial charge in [0.2, 0.25) is 0 Å². The van der Waals surface area contributed by atoms with E-state index >= 15 is 0 Å². The number of thiophene rings is 1. The minimum atomic E-state index is -0.265. The molecule has 1 unspecified atom stereocenters. The second-order valence-electron chi connectivity index (χ2n) is 2.65. The predicted octanol–water partition coefficient (Wildman–Crippen LogP) is 5.09. The molecule has 0 radical (unpaired) electrons. The summed E-state index contributed by atoms with van der Waals surface area (Å²) >= 11 is 16.8. The van der Waals surface area contributed by atoms with Gasteiger partial charge in [-0.3, -0.25) is 0 Å². The van der Waals surface area contributed by atoms with Gasteiger partial charge in [-0.25, -0.2) is 0 Å². The van der Waals surface area contributed by atoms with Gasteiger partial charge in [0.15, 0.2) is 5.22 Å².